The summed E-state index contributed by atoms with van der Waals surface area (Å²) in [4.78, 5) is 23.1. The van der Waals surface area contributed by atoms with Crippen LogP contribution in [0.15, 0.2) is 0 Å². The fourth-order valence-electron chi connectivity index (χ4n) is 2.97. The predicted octanol–water partition coefficient (Wildman–Crippen LogP) is 2.82. The van der Waals surface area contributed by atoms with Gasteiger partial charge in [-0.15, -0.1) is 0 Å². The summed E-state index contributed by atoms with van der Waals surface area (Å²) in [7, 11) is 0. The molecule has 0 radical (unpaired) electrons. The number of aliphatic carboxylic acids is 1. The highest BCUT2D eigenvalue weighted by Crippen LogP contribution is 2.31. The summed E-state index contributed by atoms with van der Waals surface area (Å²) in [6, 6.07) is -0.266. The number of carbonyl (C=O) groups is 2. The second kappa shape index (κ2) is 6.40. The molecule has 3 unspecified atom stereocenters. The number of carbonyl (C=O) groups excluding carboxylic acids is 1. The van der Waals surface area contributed by atoms with Crippen molar-refractivity contribution in [2.75, 3.05) is 0 Å². The summed E-state index contributed by atoms with van der Waals surface area (Å²) in [5, 5.41) is 11.9. The first kappa shape index (κ1) is 16.0. The van der Waals surface area contributed by atoms with Gasteiger partial charge in [-0.3, -0.25) is 9.59 Å². The Balaban J connectivity index is 2.60. The van der Waals surface area contributed by atoms with Crippen LogP contribution in [0.5, 0.6) is 0 Å². The van der Waals surface area contributed by atoms with Crippen molar-refractivity contribution in [2.24, 2.45) is 17.3 Å². The van der Waals surface area contributed by atoms with E-state index in [2.05, 4.69) is 33.0 Å². The van der Waals surface area contributed by atoms with E-state index >= 15 is 0 Å². The molecule has 19 heavy (non-hydrogen) atoms. The molecule has 0 aromatic carbocycles. The van der Waals surface area contributed by atoms with Crippen molar-refractivity contribution in [3.05, 3.63) is 0 Å². The number of amides is 1. The molecular formula is C15H27NO3. The van der Waals surface area contributed by atoms with Crippen LogP contribution in [0.25, 0.3) is 0 Å². The van der Waals surface area contributed by atoms with Gasteiger partial charge in [0.25, 0.3) is 0 Å². The van der Waals surface area contributed by atoms with E-state index in [1.54, 1.807) is 0 Å². The molecule has 0 aliphatic heterocycles. The Morgan fingerprint density at radius 1 is 1.32 bits per heavy atom. The van der Waals surface area contributed by atoms with Gasteiger partial charge in [-0.05, 0) is 30.6 Å². The zero-order chi connectivity index (χ0) is 14.6. The van der Waals surface area contributed by atoms with E-state index in [1.807, 2.05) is 0 Å². The van der Waals surface area contributed by atoms with E-state index in [-0.39, 0.29) is 29.7 Å². The molecule has 0 aromatic heterocycles. The number of hydrogen-bond acceptors (Lipinski definition) is 2. The second-order valence-corrected chi connectivity index (χ2v) is 7.08. The van der Waals surface area contributed by atoms with Crippen LogP contribution in [0.1, 0.15) is 59.8 Å². The standard InChI is InChI=1S/C15H27NO3/c1-10-6-5-7-12(10)14(19)16-11(8-13(17)18)9-15(2,3)4/h10-12H,5-9H2,1-4H3,(H,16,19)(H,17,18). The van der Waals surface area contributed by atoms with Gasteiger partial charge in [0.05, 0.1) is 6.42 Å². The molecule has 1 amide bonds. The van der Waals surface area contributed by atoms with Gasteiger partial charge in [-0.25, -0.2) is 0 Å². The van der Waals surface area contributed by atoms with Crippen LogP contribution in [-0.2, 0) is 9.59 Å². The summed E-state index contributed by atoms with van der Waals surface area (Å²) in [5.41, 5.74) is 0.00862. The highest BCUT2D eigenvalue weighted by molar-refractivity contribution is 5.80. The maximum absolute atomic E-state index is 12.2. The summed E-state index contributed by atoms with van der Waals surface area (Å²) in [5.74, 6) is -0.328. The molecule has 0 saturated heterocycles. The summed E-state index contributed by atoms with van der Waals surface area (Å²) in [6.45, 7) is 8.29. The molecule has 0 aromatic rings. The van der Waals surface area contributed by atoms with E-state index in [0.717, 1.165) is 19.3 Å². The smallest absolute Gasteiger partial charge is 0.305 e. The molecule has 1 fully saturated rings. The Morgan fingerprint density at radius 2 is 1.95 bits per heavy atom. The number of carboxylic acid groups (broad SMARTS) is 1. The minimum atomic E-state index is -0.853. The number of hydrogen-bond donors (Lipinski definition) is 2. The van der Waals surface area contributed by atoms with Crippen molar-refractivity contribution < 1.29 is 14.7 Å². The van der Waals surface area contributed by atoms with Crippen LogP contribution >= 0.6 is 0 Å². The van der Waals surface area contributed by atoms with Crippen molar-refractivity contribution in [1.82, 2.24) is 5.32 Å². The molecule has 1 aliphatic rings. The summed E-state index contributed by atoms with van der Waals surface area (Å²) in [6.07, 6.45) is 3.82. The van der Waals surface area contributed by atoms with E-state index < -0.39 is 5.97 Å². The fraction of sp³-hybridized carbons (Fsp3) is 0.867. The van der Waals surface area contributed by atoms with Crippen LogP contribution in [0.2, 0.25) is 0 Å². The normalized spacial score (nSPS) is 25.1. The molecule has 4 nitrogen and oxygen atoms in total. The third-order valence-corrected chi connectivity index (χ3v) is 3.82. The molecule has 4 heteroatoms. The predicted molar refractivity (Wildman–Crippen MR) is 74.8 cm³/mol. The van der Waals surface area contributed by atoms with Crippen molar-refractivity contribution in [2.45, 2.75) is 65.8 Å². The monoisotopic (exact) mass is 269 g/mol. The molecular weight excluding hydrogens is 242 g/mol. The van der Waals surface area contributed by atoms with Gasteiger partial charge in [0.15, 0.2) is 0 Å². The lowest BCUT2D eigenvalue weighted by molar-refractivity contribution is -0.138. The van der Waals surface area contributed by atoms with Crippen LogP contribution in [0.4, 0.5) is 0 Å². The topological polar surface area (TPSA) is 66.4 Å². The lowest BCUT2D eigenvalue weighted by Gasteiger charge is -2.27. The van der Waals surface area contributed by atoms with E-state index in [1.165, 1.54) is 0 Å². The van der Waals surface area contributed by atoms with Crippen LogP contribution < -0.4 is 5.32 Å². The third kappa shape index (κ3) is 5.62. The fourth-order valence-corrected chi connectivity index (χ4v) is 2.97. The van der Waals surface area contributed by atoms with Gasteiger partial charge >= 0.3 is 5.97 Å². The zero-order valence-corrected chi connectivity index (χ0v) is 12.5. The SMILES string of the molecule is CC1CCCC1C(=O)NC(CC(=O)O)CC(C)(C)C. The molecule has 1 aliphatic carbocycles. The molecule has 2 N–H and O–H groups in total. The quantitative estimate of drug-likeness (QED) is 0.806. The van der Waals surface area contributed by atoms with Gasteiger partial charge in [-0.1, -0.05) is 34.1 Å². The Labute approximate surface area is 116 Å². The molecule has 0 bridgehead atoms. The van der Waals surface area contributed by atoms with Gasteiger partial charge in [0, 0.05) is 12.0 Å². The average Bonchev–Trinajstić information content (AvgIpc) is 2.60. The lowest BCUT2D eigenvalue weighted by Crippen LogP contribution is -2.42. The highest BCUT2D eigenvalue weighted by Gasteiger charge is 2.32. The molecule has 1 rings (SSSR count). The summed E-state index contributed by atoms with van der Waals surface area (Å²) < 4.78 is 0. The Morgan fingerprint density at radius 3 is 2.37 bits per heavy atom. The molecule has 110 valence electrons. The average molecular weight is 269 g/mol. The Kier molecular flexibility index (Phi) is 5.39. The maximum atomic E-state index is 12.2. The van der Waals surface area contributed by atoms with E-state index in [0.29, 0.717) is 12.3 Å². The third-order valence-electron chi connectivity index (χ3n) is 3.82. The van der Waals surface area contributed by atoms with Crippen molar-refractivity contribution in [3.63, 3.8) is 0 Å². The molecule has 3 atom stereocenters. The van der Waals surface area contributed by atoms with Crippen molar-refractivity contribution in [1.29, 1.82) is 0 Å². The minimum Gasteiger partial charge on any atom is -0.481 e. The summed E-state index contributed by atoms with van der Waals surface area (Å²) >= 11 is 0. The highest BCUT2D eigenvalue weighted by atomic mass is 16.4. The van der Waals surface area contributed by atoms with Crippen molar-refractivity contribution in [3.8, 4) is 0 Å². The maximum Gasteiger partial charge on any atom is 0.305 e. The first-order valence-corrected chi connectivity index (χ1v) is 7.21. The number of nitrogens with one attached hydrogen (secondary N) is 1. The lowest BCUT2D eigenvalue weighted by atomic mass is 9.86. The van der Waals surface area contributed by atoms with Gasteiger partial charge in [-0.2, -0.15) is 0 Å². The number of carboxylic acids is 1. The van der Waals surface area contributed by atoms with E-state index in [4.69, 9.17) is 5.11 Å². The molecule has 0 spiro atoms. The van der Waals surface area contributed by atoms with Gasteiger partial charge in [0.2, 0.25) is 5.91 Å². The van der Waals surface area contributed by atoms with Crippen LogP contribution in [-0.4, -0.2) is 23.0 Å². The van der Waals surface area contributed by atoms with Gasteiger partial charge < -0.3 is 10.4 Å². The second-order valence-electron chi connectivity index (χ2n) is 7.08. The minimum absolute atomic E-state index is 0.00408. The largest absolute Gasteiger partial charge is 0.481 e. The molecule has 0 heterocycles. The van der Waals surface area contributed by atoms with Crippen LogP contribution in [0.3, 0.4) is 0 Å². The van der Waals surface area contributed by atoms with Crippen molar-refractivity contribution >= 4 is 11.9 Å². The first-order valence-electron chi connectivity index (χ1n) is 7.21. The first-order chi connectivity index (χ1) is 8.69. The van der Waals surface area contributed by atoms with E-state index in [9.17, 15) is 9.59 Å². The number of rotatable bonds is 5. The molecule has 1 saturated carbocycles. The zero-order valence-electron chi connectivity index (χ0n) is 12.5. The Bertz CT molecular complexity index is 333. The van der Waals surface area contributed by atoms with Crippen LogP contribution in [0, 0.1) is 17.3 Å². The van der Waals surface area contributed by atoms with Gasteiger partial charge in [0.1, 0.15) is 0 Å². The Hall–Kier alpha value is -1.06.